The van der Waals surface area contributed by atoms with Crippen molar-refractivity contribution >= 4 is 9.84 Å². The molecule has 0 aromatic rings. The molecule has 2 fully saturated rings. The van der Waals surface area contributed by atoms with Gasteiger partial charge in [0, 0.05) is 19.6 Å². The van der Waals surface area contributed by atoms with Gasteiger partial charge in [-0.2, -0.15) is 0 Å². The van der Waals surface area contributed by atoms with Crippen molar-refractivity contribution < 1.29 is 13.2 Å². The lowest BCUT2D eigenvalue weighted by Crippen LogP contribution is -2.58. The molecule has 2 saturated heterocycles. The molecular weight excluding hydrogens is 204 g/mol. The molecule has 2 aliphatic rings. The minimum absolute atomic E-state index is 0.229. The first kappa shape index (κ1) is 10.4. The van der Waals surface area contributed by atoms with Crippen molar-refractivity contribution in [3.63, 3.8) is 0 Å². The third-order valence-corrected chi connectivity index (χ3v) is 5.12. The van der Waals surface area contributed by atoms with E-state index in [0.717, 1.165) is 13.2 Å². The zero-order chi connectivity index (χ0) is 10.2. The highest BCUT2D eigenvalue weighted by Crippen LogP contribution is 2.18. The molecule has 0 aliphatic carbocycles. The third-order valence-electron chi connectivity index (χ3n) is 3.01. The maximum absolute atomic E-state index is 11.5. The first-order valence-corrected chi connectivity index (χ1v) is 6.58. The van der Waals surface area contributed by atoms with E-state index in [2.05, 4.69) is 4.90 Å². The maximum Gasteiger partial charge on any atom is 0.156 e. The van der Waals surface area contributed by atoms with Crippen molar-refractivity contribution in [2.24, 2.45) is 5.73 Å². The maximum atomic E-state index is 11.5. The highest BCUT2D eigenvalue weighted by atomic mass is 32.2. The first-order chi connectivity index (χ1) is 6.63. The number of ether oxygens (including phenoxy) is 1. The average molecular weight is 220 g/mol. The Balaban J connectivity index is 2.00. The molecular formula is C8H16N2O3S. The van der Waals surface area contributed by atoms with Crippen LogP contribution in [0.5, 0.6) is 0 Å². The Kier molecular flexibility index (Phi) is 2.79. The van der Waals surface area contributed by atoms with Crippen LogP contribution >= 0.6 is 0 Å². The van der Waals surface area contributed by atoms with Gasteiger partial charge in [-0.25, -0.2) is 8.42 Å². The van der Waals surface area contributed by atoms with Crippen LogP contribution in [-0.4, -0.2) is 63.2 Å². The fourth-order valence-electron chi connectivity index (χ4n) is 1.86. The third kappa shape index (κ3) is 1.79. The number of nitrogens with two attached hydrogens (primary N) is 1. The molecule has 0 aromatic heterocycles. The van der Waals surface area contributed by atoms with E-state index in [1.54, 1.807) is 0 Å². The zero-order valence-electron chi connectivity index (χ0n) is 8.05. The summed E-state index contributed by atoms with van der Waals surface area (Å²) in [6, 6.07) is 0.416. The fourth-order valence-corrected chi connectivity index (χ4v) is 3.40. The normalized spacial score (nSPS) is 33.9. The minimum Gasteiger partial charge on any atom is -0.378 e. The number of hydrogen-bond donors (Lipinski definition) is 1. The smallest absolute Gasteiger partial charge is 0.156 e. The summed E-state index contributed by atoms with van der Waals surface area (Å²) in [7, 11) is -2.93. The van der Waals surface area contributed by atoms with Crippen molar-refractivity contribution in [3.8, 4) is 0 Å². The molecule has 82 valence electrons. The Morgan fingerprint density at radius 1 is 1.43 bits per heavy atom. The molecule has 1 atom stereocenters. The topological polar surface area (TPSA) is 72.6 Å². The Labute approximate surface area is 84.1 Å². The second kappa shape index (κ2) is 3.77. The molecule has 2 heterocycles. The predicted molar refractivity (Wildman–Crippen MR) is 52.8 cm³/mol. The van der Waals surface area contributed by atoms with Crippen molar-refractivity contribution in [1.82, 2.24) is 4.90 Å². The largest absolute Gasteiger partial charge is 0.378 e. The summed E-state index contributed by atoms with van der Waals surface area (Å²) >= 11 is 0. The lowest BCUT2D eigenvalue weighted by molar-refractivity contribution is -0.0639. The summed E-state index contributed by atoms with van der Waals surface area (Å²) < 4.78 is 28.2. The Morgan fingerprint density at radius 2 is 2.14 bits per heavy atom. The van der Waals surface area contributed by atoms with Crippen LogP contribution in [0.1, 0.15) is 0 Å². The average Bonchev–Trinajstić information content (AvgIpc) is 2.04. The molecule has 0 aromatic carbocycles. The van der Waals surface area contributed by atoms with E-state index in [9.17, 15) is 8.42 Å². The molecule has 0 spiro atoms. The van der Waals surface area contributed by atoms with Crippen molar-refractivity contribution in [3.05, 3.63) is 0 Å². The highest BCUT2D eigenvalue weighted by Gasteiger charge is 2.36. The lowest BCUT2D eigenvalue weighted by Gasteiger charge is -2.41. The zero-order valence-corrected chi connectivity index (χ0v) is 8.87. The summed E-state index contributed by atoms with van der Waals surface area (Å²) in [5.41, 5.74) is 5.46. The fraction of sp³-hybridized carbons (Fsp3) is 1.00. The number of hydrogen-bond acceptors (Lipinski definition) is 5. The molecule has 0 amide bonds. The van der Waals surface area contributed by atoms with Gasteiger partial charge in [0.15, 0.2) is 9.84 Å². The van der Waals surface area contributed by atoms with Crippen LogP contribution in [0.25, 0.3) is 0 Å². The van der Waals surface area contributed by atoms with E-state index < -0.39 is 9.84 Å². The van der Waals surface area contributed by atoms with Crippen molar-refractivity contribution in [1.29, 1.82) is 0 Å². The summed E-state index contributed by atoms with van der Waals surface area (Å²) in [6.45, 7) is 2.90. The van der Waals surface area contributed by atoms with Crippen LogP contribution < -0.4 is 5.73 Å². The van der Waals surface area contributed by atoms with Gasteiger partial charge in [-0.05, 0) is 0 Å². The van der Waals surface area contributed by atoms with Gasteiger partial charge >= 0.3 is 0 Å². The van der Waals surface area contributed by atoms with Gasteiger partial charge in [0.2, 0.25) is 0 Å². The molecule has 1 unspecified atom stereocenters. The van der Waals surface area contributed by atoms with E-state index >= 15 is 0 Å². The van der Waals surface area contributed by atoms with Gasteiger partial charge in [-0.15, -0.1) is 0 Å². The minimum atomic E-state index is -2.93. The van der Waals surface area contributed by atoms with Crippen molar-refractivity contribution in [2.45, 2.75) is 11.3 Å². The van der Waals surface area contributed by atoms with Crippen LogP contribution in [0.4, 0.5) is 0 Å². The van der Waals surface area contributed by atoms with E-state index in [1.165, 1.54) is 0 Å². The Morgan fingerprint density at radius 3 is 2.64 bits per heavy atom. The van der Waals surface area contributed by atoms with Crippen LogP contribution in [0.2, 0.25) is 0 Å². The molecule has 0 radical (unpaired) electrons. The summed E-state index contributed by atoms with van der Waals surface area (Å²) in [5.74, 6) is 0.241. The molecule has 5 nitrogen and oxygen atoms in total. The van der Waals surface area contributed by atoms with Gasteiger partial charge in [-0.3, -0.25) is 4.90 Å². The second-order valence-electron chi connectivity index (χ2n) is 3.91. The van der Waals surface area contributed by atoms with E-state index in [-0.39, 0.29) is 17.5 Å². The molecule has 2 aliphatic heterocycles. The lowest BCUT2D eigenvalue weighted by atomic mass is 10.2. The summed E-state index contributed by atoms with van der Waals surface area (Å²) in [5, 5.41) is -0.378. The van der Waals surface area contributed by atoms with E-state index in [1.807, 2.05) is 0 Å². The predicted octanol–water partition coefficient (Wildman–Crippen LogP) is -1.56. The Bertz CT molecular complexity index is 300. The van der Waals surface area contributed by atoms with Gasteiger partial charge in [0.05, 0.1) is 30.3 Å². The quantitative estimate of drug-likeness (QED) is 0.609. The molecule has 2 rings (SSSR count). The van der Waals surface area contributed by atoms with E-state index in [0.29, 0.717) is 19.1 Å². The van der Waals surface area contributed by atoms with Gasteiger partial charge in [0.1, 0.15) is 0 Å². The molecule has 14 heavy (non-hydrogen) atoms. The monoisotopic (exact) mass is 220 g/mol. The van der Waals surface area contributed by atoms with Gasteiger partial charge < -0.3 is 10.5 Å². The standard InChI is InChI=1S/C8H16N2O3S/c9-3-8-4-10(7-5-13-6-7)1-2-14(8,11)12/h7-8H,1-6,9H2. The summed E-state index contributed by atoms with van der Waals surface area (Å²) in [4.78, 5) is 2.18. The molecule has 0 saturated carbocycles. The second-order valence-corrected chi connectivity index (χ2v) is 6.31. The van der Waals surface area contributed by atoms with Crippen molar-refractivity contribution in [2.75, 3.05) is 38.6 Å². The molecule has 2 N–H and O–H groups in total. The van der Waals surface area contributed by atoms with Gasteiger partial charge in [0.25, 0.3) is 0 Å². The van der Waals surface area contributed by atoms with Crippen LogP contribution in [0, 0.1) is 0 Å². The number of rotatable bonds is 2. The van der Waals surface area contributed by atoms with Gasteiger partial charge in [-0.1, -0.05) is 0 Å². The van der Waals surface area contributed by atoms with Crippen LogP contribution in [0.15, 0.2) is 0 Å². The molecule has 0 bridgehead atoms. The van der Waals surface area contributed by atoms with Crippen LogP contribution in [-0.2, 0) is 14.6 Å². The SMILES string of the molecule is NCC1CN(C2COC2)CCS1(=O)=O. The Hall–Kier alpha value is -0.170. The summed E-state index contributed by atoms with van der Waals surface area (Å²) in [6.07, 6.45) is 0. The van der Waals surface area contributed by atoms with E-state index in [4.69, 9.17) is 10.5 Å². The number of sulfone groups is 1. The number of nitrogens with zero attached hydrogens (tertiary/aromatic N) is 1. The first-order valence-electron chi connectivity index (χ1n) is 4.87. The highest BCUT2D eigenvalue weighted by molar-refractivity contribution is 7.92. The van der Waals surface area contributed by atoms with Crippen LogP contribution in [0.3, 0.4) is 0 Å². The molecule has 6 heteroatoms.